The van der Waals surface area contributed by atoms with Crippen LogP contribution in [-0.4, -0.2) is 26.7 Å². The van der Waals surface area contributed by atoms with Crippen LogP contribution >= 0.6 is 0 Å². The monoisotopic (exact) mass is 525 g/mol. The van der Waals surface area contributed by atoms with Crippen LogP contribution in [0.25, 0.3) is 23.1 Å². The van der Waals surface area contributed by atoms with Gasteiger partial charge in [0.15, 0.2) is 0 Å². The van der Waals surface area contributed by atoms with Gasteiger partial charge in [0, 0.05) is 30.1 Å². The summed E-state index contributed by atoms with van der Waals surface area (Å²) in [5.41, 5.74) is 6.01. The zero-order valence-electron chi connectivity index (χ0n) is 22.5. The maximum atomic E-state index is 11.5. The molecule has 0 atom stereocenters. The Hall–Kier alpha value is -4.32. The van der Waals surface area contributed by atoms with Crippen molar-refractivity contribution < 1.29 is 24.5 Å². The Kier molecular flexibility index (Phi) is 9.21. The molecule has 6 nitrogen and oxygen atoms in total. The number of carbonyl (C=O) groups is 2. The van der Waals surface area contributed by atoms with Crippen molar-refractivity contribution in [3.63, 3.8) is 0 Å². The minimum atomic E-state index is -0.902. The Bertz CT molecular complexity index is 1460. The van der Waals surface area contributed by atoms with E-state index in [0.717, 1.165) is 39.8 Å². The molecule has 0 unspecified atom stereocenters. The number of rotatable bonds is 13. The van der Waals surface area contributed by atoms with E-state index in [1.54, 1.807) is 0 Å². The van der Waals surface area contributed by atoms with Gasteiger partial charge in [-0.1, -0.05) is 74.5 Å². The Balaban J connectivity index is 1.48. The number of benzene rings is 3. The molecule has 0 aliphatic rings. The Morgan fingerprint density at radius 3 is 2.38 bits per heavy atom. The van der Waals surface area contributed by atoms with Crippen LogP contribution in [0.3, 0.4) is 0 Å². The third-order valence-corrected chi connectivity index (χ3v) is 6.52. The molecule has 0 aliphatic carbocycles. The third-order valence-electron chi connectivity index (χ3n) is 6.52. The van der Waals surface area contributed by atoms with Crippen molar-refractivity contribution in [3.05, 3.63) is 101 Å². The van der Waals surface area contributed by atoms with Crippen LogP contribution in [0, 0.1) is 5.92 Å². The van der Waals surface area contributed by atoms with Crippen LogP contribution in [0.15, 0.2) is 72.9 Å². The predicted molar refractivity (Wildman–Crippen MR) is 155 cm³/mol. The molecule has 0 saturated carbocycles. The van der Waals surface area contributed by atoms with E-state index in [4.69, 9.17) is 9.84 Å². The largest absolute Gasteiger partial charge is 0.489 e. The standard InChI is InChI=1S/C33H35NO5/c1-23(2)18-25-6-3-7-26(19-25)22-39-29-15-12-24(13-16-29)11-14-27-8-4-9-30-33(27)28(20-32(37)38)21-34(30)17-5-10-31(35)36/h3-4,6-9,11-16,19,21,23H,5,10,17-18,20,22H2,1-2H3,(H,35,36)(H,37,38). The molecule has 0 spiro atoms. The molecule has 6 heteroatoms. The summed E-state index contributed by atoms with van der Waals surface area (Å²) < 4.78 is 7.97. The number of aliphatic carboxylic acids is 2. The normalized spacial score (nSPS) is 11.5. The SMILES string of the molecule is CC(C)Cc1cccc(COc2ccc(C=Cc3cccc4c3c(CC(=O)O)cn4CCCC(=O)O)cc2)c1. The fourth-order valence-corrected chi connectivity index (χ4v) is 4.84. The highest BCUT2D eigenvalue weighted by Gasteiger charge is 2.14. The molecule has 1 heterocycles. The van der Waals surface area contributed by atoms with E-state index in [1.165, 1.54) is 5.56 Å². The lowest BCUT2D eigenvalue weighted by Gasteiger charge is -2.09. The summed E-state index contributed by atoms with van der Waals surface area (Å²) in [4.78, 5) is 22.5. The second-order valence-electron chi connectivity index (χ2n) is 10.3. The first-order valence-corrected chi connectivity index (χ1v) is 13.3. The highest BCUT2D eigenvalue weighted by molar-refractivity contribution is 5.96. The first-order valence-electron chi connectivity index (χ1n) is 13.3. The average Bonchev–Trinajstić information content (AvgIpc) is 3.23. The van der Waals surface area contributed by atoms with Crippen molar-refractivity contribution in [2.75, 3.05) is 0 Å². The second-order valence-corrected chi connectivity index (χ2v) is 10.3. The summed E-state index contributed by atoms with van der Waals surface area (Å²) in [7, 11) is 0. The van der Waals surface area contributed by atoms with Crippen LogP contribution in [-0.2, 0) is 35.6 Å². The molecule has 2 N–H and O–H groups in total. The van der Waals surface area contributed by atoms with Crippen molar-refractivity contribution in [2.24, 2.45) is 5.92 Å². The van der Waals surface area contributed by atoms with E-state index in [9.17, 15) is 14.7 Å². The van der Waals surface area contributed by atoms with Gasteiger partial charge in [0.05, 0.1) is 6.42 Å². The zero-order chi connectivity index (χ0) is 27.8. The minimum Gasteiger partial charge on any atom is -0.489 e. The molecular weight excluding hydrogens is 490 g/mol. The van der Waals surface area contributed by atoms with Gasteiger partial charge in [-0.25, -0.2) is 0 Å². The summed E-state index contributed by atoms with van der Waals surface area (Å²) in [6.07, 6.45) is 7.32. The molecule has 0 bridgehead atoms. The number of hydrogen-bond donors (Lipinski definition) is 2. The number of nitrogens with zero attached hydrogens (tertiary/aromatic N) is 1. The molecule has 1 aromatic heterocycles. The van der Waals surface area contributed by atoms with Crippen LogP contribution < -0.4 is 4.74 Å². The van der Waals surface area contributed by atoms with Gasteiger partial charge in [0.25, 0.3) is 0 Å². The van der Waals surface area contributed by atoms with Gasteiger partial charge in [-0.2, -0.15) is 0 Å². The highest BCUT2D eigenvalue weighted by atomic mass is 16.5. The van der Waals surface area contributed by atoms with Crippen molar-refractivity contribution in [3.8, 4) is 5.75 Å². The van der Waals surface area contributed by atoms with Gasteiger partial charge in [-0.05, 0) is 64.8 Å². The van der Waals surface area contributed by atoms with E-state index in [2.05, 4.69) is 38.1 Å². The molecular formula is C33H35NO5. The molecule has 0 radical (unpaired) electrons. The van der Waals surface area contributed by atoms with Gasteiger partial charge >= 0.3 is 11.9 Å². The van der Waals surface area contributed by atoms with Crippen molar-refractivity contribution in [1.29, 1.82) is 0 Å². The summed E-state index contributed by atoms with van der Waals surface area (Å²) in [5, 5.41) is 19.3. The van der Waals surface area contributed by atoms with Crippen LogP contribution in [0.5, 0.6) is 5.75 Å². The van der Waals surface area contributed by atoms with Crippen LogP contribution in [0.2, 0.25) is 0 Å². The van der Waals surface area contributed by atoms with Gasteiger partial charge < -0.3 is 19.5 Å². The number of carboxylic acid groups (broad SMARTS) is 2. The lowest BCUT2D eigenvalue weighted by Crippen LogP contribution is -2.01. The van der Waals surface area contributed by atoms with Crippen LogP contribution in [0.4, 0.5) is 0 Å². The van der Waals surface area contributed by atoms with E-state index in [0.29, 0.717) is 31.1 Å². The topological polar surface area (TPSA) is 88.8 Å². The van der Waals surface area contributed by atoms with Crippen LogP contribution in [0.1, 0.15) is 54.5 Å². The van der Waals surface area contributed by atoms with Crippen molar-refractivity contribution >= 4 is 35.0 Å². The second kappa shape index (κ2) is 13.0. The molecule has 0 fully saturated rings. The molecule has 4 aromatic rings. The lowest BCUT2D eigenvalue weighted by atomic mass is 10.0. The summed E-state index contributed by atoms with van der Waals surface area (Å²) in [6, 6.07) is 22.3. The van der Waals surface area contributed by atoms with E-state index in [-0.39, 0.29) is 12.8 Å². The maximum absolute atomic E-state index is 11.5. The number of hydrogen-bond acceptors (Lipinski definition) is 3. The van der Waals surface area contributed by atoms with E-state index >= 15 is 0 Å². The predicted octanol–water partition coefficient (Wildman–Crippen LogP) is 7.08. The average molecular weight is 526 g/mol. The molecule has 3 aromatic carbocycles. The fourth-order valence-electron chi connectivity index (χ4n) is 4.84. The van der Waals surface area contributed by atoms with Crippen molar-refractivity contribution in [1.82, 2.24) is 4.57 Å². The van der Waals surface area contributed by atoms with Gasteiger partial charge in [0.1, 0.15) is 12.4 Å². The van der Waals surface area contributed by atoms with E-state index in [1.807, 2.05) is 65.4 Å². The lowest BCUT2D eigenvalue weighted by molar-refractivity contribution is -0.137. The Labute approximate surface area is 229 Å². The van der Waals surface area contributed by atoms with Crippen molar-refractivity contribution in [2.45, 2.75) is 52.7 Å². The first-order chi connectivity index (χ1) is 18.8. The molecule has 0 aliphatic heterocycles. The van der Waals surface area contributed by atoms with E-state index < -0.39 is 11.9 Å². The number of carboxylic acids is 2. The maximum Gasteiger partial charge on any atom is 0.307 e. The Morgan fingerprint density at radius 1 is 0.923 bits per heavy atom. The van der Waals surface area contributed by atoms with Gasteiger partial charge in [-0.15, -0.1) is 0 Å². The molecule has 4 rings (SSSR count). The summed E-state index contributed by atoms with van der Waals surface area (Å²) in [6.45, 7) is 5.46. The molecule has 39 heavy (non-hydrogen) atoms. The summed E-state index contributed by atoms with van der Waals surface area (Å²) in [5.74, 6) is -0.333. The first kappa shape index (κ1) is 27.7. The van der Waals surface area contributed by atoms with Gasteiger partial charge in [0.2, 0.25) is 0 Å². The number of ether oxygens (including phenoxy) is 1. The summed E-state index contributed by atoms with van der Waals surface area (Å²) >= 11 is 0. The number of aryl methyl sites for hydroxylation is 1. The van der Waals surface area contributed by atoms with Gasteiger partial charge in [-0.3, -0.25) is 9.59 Å². The molecule has 202 valence electrons. The highest BCUT2D eigenvalue weighted by Crippen LogP contribution is 2.28. The zero-order valence-corrected chi connectivity index (χ0v) is 22.5. The molecule has 0 amide bonds. The molecule has 0 saturated heterocycles. The quantitative estimate of drug-likeness (QED) is 0.182. The minimum absolute atomic E-state index is 0.0672. The number of aromatic nitrogens is 1. The smallest absolute Gasteiger partial charge is 0.307 e. The third kappa shape index (κ3) is 7.84. The number of fused-ring (bicyclic) bond motifs is 1. The Morgan fingerprint density at radius 2 is 1.67 bits per heavy atom. The fraction of sp³-hybridized carbons (Fsp3) is 0.273.